The second-order valence-electron chi connectivity index (χ2n) is 4.67. The lowest BCUT2D eigenvalue weighted by atomic mass is 10.2. The van der Waals surface area contributed by atoms with Crippen molar-refractivity contribution in [2.75, 3.05) is 20.6 Å². The highest BCUT2D eigenvalue weighted by Gasteiger charge is 2.11. The molecule has 0 saturated heterocycles. The minimum atomic E-state index is -2.83. The Labute approximate surface area is 117 Å². The summed E-state index contributed by atoms with van der Waals surface area (Å²) >= 11 is 5.87. The first-order valence-corrected chi connectivity index (χ1v) is 6.37. The zero-order chi connectivity index (χ0) is 14.4. The van der Waals surface area contributed by atoms with Crippen LogP contribution in [0.4, 0.5) is 8.78 Å². The summed E-state index contributed by atoms with van der Waals surface area (Å²) in [5, 5.41) is 3.74. The number of nitrogens with one attached hydrogen (secondary N) is 1. The lowest BCUT2D eigenvalue weighted by molar-refractivity contribution is -0.0505. The quantitative estimate of drug-likeness (QED) is 0.836. The molecule has 1 aromatic rings. The number of rotatable bonds is 7. The molecule has 0 fully saturated rings. The van der Waals surface area contributed by atoms with Gasteiger partial charge in [-0.3, -0.25) is 0 Å². The number of hydrogen-bond donors (Lipinski definition) is 1. The van der Waals surface area contributed by atoms with Crippen LogP contribution in [-0.2, 0) is 6.54 Å². The molecule has 108 valence electrons. The molecule has 0 aliphatic heterocycles. The van der Waals surface area contributed by atoms with Crippen molar-refractivity contribution in [2.24, 2.45) is 0 Å². The molecule has 6 heteroatoms. The van der Waals surface area contributed by atoms with Gasteiger partial charge in [0, 0.05) is 29.7 Å². The van der Waals surface area contributed by atoms with Gasteiger partial charge >= 0.3 is 6.61 Å². The molecule has 0 saturated carbocycles. The van der Waals surface area contributed by atoms with Crippen LogP contribution < -0.4 is 10.1 Å². The first kappa shape index (κ1) is 16.1. The Balaban J connectivity index is 2.67. The van der Waals surface area contributed by atoms with Gasteiger partial charge in [-0.15, -0.1) is 0 Å². The maximum atomic E-state index is 12.3. The standard InChI is InChI=1S/C13H19ClF2N2O/c1-9(8-18(2)3)17-7-10-6-11(14)4-5-12(10)19-13(15)16/h4-6,9,13,17H,7-8H2,1-3H3. The molecule has 19 heavy (non-hydrogen) atoms. The molecule has 0 aliphatic carbocycles. The topological polar surface area (TPSA) is 24.5 Å². The summed E-state index contributed by atoms with van der Waals surface area (Å²) < 4.78 is 29.1. The zero-order valence-electron chi connectivity index (χ0n) is 11.3. The third kappa shape index (κ3) is 6.18. The average Bonchev–Trinajstić information content (AvgIpc) is 2.28. The molecule has 0 aliphatic rings. The predicted octanol–water partition coefficient (Wildman–Crippen LogP) is 2.98. The van der Waals surface area contributed by atoms with Crippen molar-refractivity contribution in [3.05, 3.63) is 28.8 Å². The lowest BCUT2D eigenvalue weighted by Gasteiger charge is -2.19. The molecule has 0 spiro atoms. The van der Waals surface area contributed by atoms with Gasteiger partial charge in [-0.2, -0.15) is 8.78 Å². The van der Waals surface area contributed by atoms with Crippen LogP contribution >= 0.6 is 11.6 Å². The number of alkyl halides is 2. The maximum absolute atomic E-state index is 12.3. The normalized spacial score (nSPS) is 13.1. The summed E-state index contributed by atoms with van der Waals surface area (Å²) in [6.07, 6.45) is 0. The average molecular weight is 293 g/mol. The number of benzene rings is 1. The van der Waals surface area contributed by atoms with Gasteiger partial charge in [0.15, 0.2) is 0 Å². The van der Waals surface area contributed by atoms with Gasteiger partial charge in [0.05, 0.1) is 0 Å². The third-order valence-corrected chi connectivity index (χ3v) is 2.75. The highest BCUT2D eigenvalue weighted by molar-refractivity contribution is 6.30. The number of halogens is 3. The number of nitrogens with zero attached hydrogens (tertiary/aromatic N) is 1. The van der Waals surface area contributed by atoms with E-state index in [1.54, 1.807) is 6.07 Å². The van der Waals surface area contributed by atoms with E-state index in [4.69, 9.17) is 11.6 Å². The summed E-state index contributed by atoms with van der Waals surface area (Å²) in [7, 11) is 3.95. The Bertz CT molecular complexity index is 402. The molecule has 1 atom stereocenters. The number of ether oxygens (including phenoxy) is 1. The molecule has 0 radical (unpaired) electrons. The second-order valence-corrected chi connectivity index (χ2v) is 5.11. The van der Waals surface area contributed by atoms with Crippen LogP contribution in [-0.4, -0.2) is 38.2 Å². The summed E-state index contributed by atoms with van der Waals surface area (Å²) in [6.45, 7) is 0.473. The zero-order valence-corrected chi connectivity index (χ0v) is 12.0. The monoisotopic (exact) mass is 292 g/mol. The Hall–Kier alpha value is -0.910. The fourth-order valence-electron chi connectivity index (χ4n) is 1.79. The molecule has 1 N–H and O–H groups in total. The Morgan fingerprint density at radius 3 is 2.63 bits per heavy atom. The fraction of sp³-hybridized carbons (Fsp3) is 0.538. The van der Waals surface area contributed by atoms with Crippen molar-refractivity contribution in [3.63, 3.8) is 0 Å². The first-order chi connectivity index (χ1) is 8.88. The molecule has 0 amide bonds. The van der Waals surface area contributed by atoms with E-state index in [2.05, 4.69) is 10.1 Å². The van der Waals surface area contributed by atoms with E-state index < -0.39 is 6.61 Å². The molecule has 0 bridgehead atoms. The number of hydrogen-bond acceptors (Lipinski definition) is 3. The van der Waals surface area contributed by atoms with Crippen LogP contribution in [0, 0.1) is 0 Å². The van der Waals surface area contributed by atoms with Crippen LogP contribution in [0.15, 0.2) is 18.2 Å². The summed E-state index contributed by atoms with van der Waals surface area (Å²) in [5.74, 6) is 0.156. The molecule has 1 unspecified atom stereocenters. The largest absolute Gasteiger partial charge is 0.434 e. The highest BCUT2D eigenvalue weighted by atomic mass is 35.5. The van der Waals surface area contributed by atoms with Gasteiger partial charge in [-0.05, 0) is 39.2 Å². The van der Waals surface area contributed by atoms with E-state index in [0.717, 1.165) is 6.54 Å². The van der Waals surface area contributed by atoms with Gasteiger partial charge < -0.3 is 15.0 Å². The second kappa shape index (κ2) is 7.62. The van der Waals surface area contributed by atoms with Gasteiger partial charge in [0.1, 0.15) is 5.75 Å². The van der Waals surface area contributed by atoms with Crippen molar-refractivity contribution in [3.8, 4) is 5.75 Å². The Morgan fingerprint density at radius 2 is 2.05 bits per heavy atom. The van der Waals surface area contributed by atoms with E-state index >= 15 is 0 Å². The number of likely N-dealkylation sites (N-methyl/N-ethyl adjacent to an activating group) is 1. The molecular weight excluding hydrogens is 274 g/mol. The molecule has 0 aromatic heterocycles. The Morgan fingerprint density at radius 1 is 1.37 bits per heavy atom. The van der Waals surface area contributed by atoms with Crippen molar-refractivity contribution >= 4 is 11.6 Å². The van der Waals surface area contributed by atoms with Crippen LogP contribution in [0.25, 0.3) is 0 Å². The smallest absolute Gasteiger partial charge is 0.387 e. The van der Waals surface area contributed by atoms with E-state index in [-0.39, 0.29) is 11.8 Å². The van der Waals surface area contributed by atoms with Crippen molar-refractivity contribution in [2.45, 2.75) is 26.1 Å². The fourth-order valence-corrected chi connectivity index (χ4v) is 1.99. The summed E-state index contributed by atoms with van der Waals surface area (Å²) in [5.41, 5.74) is 0.624. The molecular formula is C13H19ClF2N2O. The molecule has 1 rings (SSSR count). The Kier molecular flexibility index (Phi) is 6.48. The molecule has 0 heterocycles. The van der Waals surface area contributed by atoms with Crippen LogP contribution in [0.1, 0.15) is 12.5 Å². The van der Waals surface area contributed by atoms with Crippen molar-refractivity contribution < 1.29 is 13.5 Å². The van der Waals surface area contributed by atoms with Crippen molar-refractivity contribution in [1.82, 2.24) is 10.2 Å². The van der Waals surface area contributed by atoms with Crippen molar-refractivity contribution in [1.29, 1.82) is 0 Å². The summed E-state index contributed by atoms with van der Waals surface area (Å²) in [6, 6.07) is 4.86. The summed E-state index contributed by atoms with van der Waals surface area (Å²) in [4.78, 5) is 2.05. The maximum Gasteiger partial charge on any atom is 0.387 e. The third-order valence-electron chi connectivity index (χ3n) is 2.52. The highest BCUT2D eigenvalue weighted by Crippen LogP contribution is 2.24. The van der Waals surface area contributed by atoms with Gasteiger partial charge in [-0.25, -0.2) is 0 Å². The van der Waals surface area contributed by atoms with Gasteiger partial charge in [-0.1, -0.05) is 11.6 Å². The van der Waals surface area contributed by atoms with Gasteiger partial charge in [0.2, 0.25) is 0 Å². The van der Waals surface area contributed by atoms with Crippen LogP contribution in [0.3, 0.4) is 0 Å². The van der Waals surface area contributed by atoms with Gasteiger partial charge in [0.25, 0.3) is 0 Å². The van der Waals surface area contributed by atoms with Crippen LogP contribution in [0.5, 0.6) is 5.75 Å². The minimum absolute atomic E-state index is 0.156. The van der Waals surface area contributed by atoms with Crippen LogP contribution in [0.2, 0.25) is 5.02 Å². The molecule has 1 aromatic carbocycles. The predicted molar refractivity (Wildman–Crippen MR) is 72.9 cm³/mol. The first-order valence-electron chi connectivity index (χ1n) is 6.00. The minimum Gasteiger partial charge on any atom is -0.434 e. The van der Waals surface area contributed by atoms with E-state index in [0.29, 0.717) is 17.1 Å². The van der Waals surface area contributed by atoms with E-state index in [1.165, 1.54) is 12.1 Å². The lowest BCUT2D eigenvalue weighted by Crippen LogP contribution is -2.35. The molecule has 3 nitrogen and oxygen atoms in total. The SMILES string of the molecule is CC(CN(C)C)NCc1cc(Cl)ccc1OC(F)F. The van der Waals surface area contributed by atoms with E-state index in [1.807, 2.05) is 25.9 Å². The van der Waals surface area contributed by atoms with E-state index in [9.17, 15) is 8.78 Å².